The first-order valence-electron chi connectivity index (χ1n) is 7.53. The van der Waals surface area contributed by atoms with Crippen LogP contribution in [-0.4, -0.2) is 5.60 Å². The van der Waals surface area contributed by atoms with Gasteiger partial charge in [0, 0.05) is 23.0 Å². The molecule has 3 rings (SSSR count). The summed E-state index contributed by atoms with van der Waals surface area (Å²) in [7, 11) is 0. The molecule has 1 spiro atoms. The first-order chi connectivity index (χ1) is 9.29. The Morgan fingerprint density at radius 1 is 1.25 bits per heavy atom. The molecule has 0 bridgehead atoms. The molecular weight excluding hydrogens is 270 g/mol. The van der Waals surface area contributed by atoms with Gasteiger partial charge in [0.2, 0.25) is 0 Å². The zero-order chi connectivity index (χ0) is 14.5. The molecule has 1 aliphatic heterocycles. The van der Waals surface area contributed by atoms with Crippen LogP contribution in [0.3, 0.4) is 0 Å². The predicted octanol–water partition coefficient (Wildman–Crippen LogP) is 4.71. The Morgan fingerprint density at radius 2 is 2.00 bits per heavy atom. The second-order valence-corrected chi connectivity index (χ2v) is 8.07. The van der Waals surface area contributed by atoms with Crippen molar-refractivity contribution in [1.82, 2.24) is 0 Å². The van der Waals surface area contributed by atoms with Crippen LogP contribution in [0.15, 0.2) is 18.2 Å². The quantitative estimate of drug-likeness (QED) is 0.752. The van der Waals surface area contributed by atoms with Crippen molar-refractivity contribution < 1.29 is 4.74 Å². The van der Waals surface area contributed by atoms with Gasteiger partial charge in [-0.15, -0.1) is 0 Å². The second kappa shape index (κ2) is 4.64. The van der Waals surface area contributed by atoms with Crippen molar-refractivity contribution in [2.75, 3.05) is 0 Å². The molecule has 2 nitrogen and oxygen atoms in total. The van der Waals surface area contributed by atoms with Gasteiger partial charge in [-0.05, 0) is 48.8 Å². The summed E-state index contributed by atoms with van der Waals surface area (Å²) in [5.74, 6) is 1.61. The molecule has 3 atom stereocenters. The highest BCUT2D eigenvalue weighted by atomic mass is 35.5. The molecule has 20 heavy (non-hydrogen) atoms. The van der Waals surface area contributed by atoms with Gasteiger partial charge in [0.15, 0.2) is 0 Å². The van der Waals surface area contributed by atoms with Crippen LogP contribution in [0.25, 0.3) is 0 Å². The van der Waals surface area contributed by atoms with Crippen LogP contribution >= 0.6 is 11.6 Å². The summed E-state index contributed by atoms with van der Waals surface area (Å²) in [6.07, 6.45) is 4.35. The Bertz CT molecular complexity index is 528. The molecular formula is C17H24ClNO. The van der Waals surface area contributed by atoms with Crippen LogP contribution in [-0.2, 0) is 0 Å². The maximum absolute atomic E-state index is 6.45. The predicted molar refractivity (Wildman–Crippen MR) is 83.2 cm³/mol. The molecule has 0 aromatic heterocycles. The molecule has 2 aliphatic rings. The Morgan fingerprint density at radius 3 is 2.70 bits per heavy atom. The first-order valence-corrected chi connectivity index (χ1v) is 7.91. The Labute approximate surface area is 126 Å². The fourth-order valence-corrected chi connectivity index (χ4v) is 4.77. The number of fused-ring (bicyclic) bond motifs is 1. The average molecular weight is 294 g/mol. The monoisotopic (exact) mass is 293 g/mol. The van der Waals surface area contributed by atoms with Crippen molar-refractivity contribution in [1.29, 1.82) is 0 Å². The Kier molecular flexibility index (Phi) is 3.30. The van der Waals surface area contributed by atoms with Crippen LogP contribution in [0, 0.1) is 11.3 Å². The van der Waals surface area contributed by atoms with Gasteiger partial charge in [-0.3, -0.25) is 0 Å². The van der Waals surface area contributed by atoms with Gasteiger partial charge in [0.25, 0.3) is 0 Å². The summed E-state index contributed by atoms with van der Waals surface area (Å²) in [6.45, 7) is 7.02. The smallest absolute Gasteiger partial charge is 0.125 e. The summed E-state index contributed by atoms with van der Waals surface area (Å²) in [5, 5.41) is 0.732. The van der Waals surface area contributed by atoms with Gasteiger partial charge >= 0.3 is 0 Å². The van der Waals surface area contributed by atoms with Crippen LogP contribution in [0.2, 0.25) is 5.02 Å². The maximum Gasteiger partial charge on any atom is 0.125 e. The molecule has 3 heteroatoms. The molecule has 1 fully saturated rings. The normalized spacial score (nSPS) is 35.5. The van der Waals surface area contributed by atoms with Crippen LogP contribution < -0.4 is 10.5 Å². The number of nitrogens with two attached hydrogens (primary N) is 1. The van der Waals surface area contributed by atoms with E-state index in [1.807, 2.05) is 18.2 Å². The summed E-state index contributed by atoms with van der Waals surface area (Å²) >= 11 is 6.08. The highest BCUT2D eigenvalue weighted by Gasteiger charge is 2.48. The highest BCUT2D eigenvalue weighted by molar-refractivity contribution is 6.30. The Balaban J connectivity index is 1.96. The van der Waals surface area contributed by atoms with E-state index < -0.39 is 0 Å². The van der Waals surface area contributed by atoms with Crippen molar-refractivity contribution in [3.05, 3.63) is 28.8 Å². The molecule has 1 heterocycles. The zero-order valence-electron chi connectivity index (χ0n) is 12.6. The van der Waals surface area contributed by atoms with Crippen molar-refractivity contribution in [3.8, 4) is 5.75 Å². The van der Waals surface area contributed by atoms with Crippen molar-refractivity contribution in [2.45, 2.75) is 58.1 Å². The van der Waals surface area contributed by atoms with E-state index in [2.05, 4.69) is 20.8 Å². The van der Waals surface area contributed by atoms with E-state index in [4.69, 9.17) is 22.1 Å². The summed E-state index contributed by atoms with van der Waals surface area (Å²) in [5.41, 5.74) is 7.70. The third-order valence-electron chi connectivity index (χ3n) is 4.71. The lowest BCUT2D eigenvalue weighted by Crippen LogP contribution is -2.50. The van der Waals surface area contributed by atoms with Crippen molar-refractivity contribution >= 4 is 11.6 Å². The summed E-state index contributed by atoms with van der Waals surface area (Å²) in [4.78, 5) is 0. The van der Waals surface area contributed by atoms with E-state index in [9.17, 15) is 0 Å². The third-order valence-corrected chi connectivity index (χ3v) is 4.95. The highest BCUT2D eigenvalue weighted by Crippen LogP contribution is 2.52. The molecule has 0 saturated heterocycles. The van der Waals surface area contributed by atoms with Crippen LogP contribution in [0.5, 0.6) is 5.75 Å². The van der Waals surface area contributed by atoms with E-state index in [0.717, 1.165) is 35.6 Å². The largest absolute Gasteiger partial charge is 0.487 e. The van der Waals surface area contributed by atoms with Gasteiger partial charge in [0.1, 0.15) is 11.4 Å². The summed E-state index contributed by atoms with van der Waals surface area (Å²) in [6, 6.07) is 5.85. The van der Waals surface area contributed by atoms with E-state index in [0.29, 0.717) is 11.3 Å². The topological polar surface area (TPSA) is 35.2 Å². The second-order valence-electron chi connectivity index (χ2n) is 7.63. The minimum atomic E-state index is -0.0958. The molecule has 1 aromatic carbocycles. The van der Waals surface area contributed by atoms with Gasteiger partial charge in [-0.1, -0.05) is 32.4 Å². The van der Waals surface area contributed by atoms with Crippen LogP contribution in [0.1, 0.15) is 58.1 Å². The van der Waals surface area contributed by atoms with E-state index >= 15 is 0 Å². The fourth-order valence-electron chi connectivity index (χ4n) is 4.59. The zero-order valence-corrected chi connectivity index (χ0v) is 13.3. The first kappa shape index (κ1) is 14.2. The standard InChI is InChI=1S/C17H24ClNO/c1-11-7-16(2,3)10-17(8-11)9-14(19)13-6-12(18)4-5-15(13)20-17/h4-6,11,14H,7-10,19H2,1-3H3/t11?,14-,17?/m0/s1. The lowest BCUT2D eigenvalue weighted by atomic mass is 9.63. The summed E-state index contributed by atoms with van der Waals surface area (Å²) < 4.78 is 6.45. The molecule has 0 radical (unpaired) electrons. The fraction of sp³-hybridized carbons (Fsp3) is 0.647. The molecule has 1 aromatic rings. The minimum absolute atomic E-state index is 0.0264. The number of benzene rings is 1. The van der Waals surface area contributed by atoms with E-state index in [1.165, 1.54) is 6.42 Å². The molecule has 0 amide bonds. The van der Waals surface area contributed by atoms with Gasteiger partial charge < -0.3 is 10.5 Å². The van der Waals surface area contributed by atoms with Crippen LogP contribution in [0.4, 0.5) is 0 Å². The van der Waals surface area contributed by atoms with E-state index in [1.54, 1.807) is 0 Å². The number of hydrogen-bond donors (Lipinski definition) is 1. The lowest BCUT2D eigenvalue weighted by Gasteiger charge is -2.50. The maximum atomic E-state index is 6.45. The number of halogens is 1. The average Bonchev–Trinajstić information content (AvgIpc) is 2.27. The molecule has 2 unspecified atom stereocenters. The lowest BCUT2D eigenvalue weighted by molar-refractivity contribution is -0.0570. The van der Waals surface area contributed by atoms with E-state index in [-0.39, 0.29) is 11.6 Å². The number of ether oxygens (including phenoxy) is 1. The molecule has 1 aliphatic carbocycles. The Hall–Kier alpha value is -0.730. The minimum Gasteiger partial charge on any atom is -0.487 e. The molecule has 110 valence electrons. The van der Waals surface area contributed by atoms with Gasteiger partial charge in [-0.25, -0.2) is 0 Å². The van der Waals surface area contributed by atoms with Gasteiger partial charge in [0.05, 0.1) is 0 Å². The van der Waals surface area contributed by atoms with Gasteiger partial charge in [-0.2, -0.15) is 0 Å². The molecule has 2 N–H and O–H groups in total. The third kappa shape index (κ3) is 2.56. The number of rotatable bonds is 0. The number of hydrogen-bond acceptors (Lipinski definition) is 2. The van der Waals surface area contributed by atoms with Crippen molar-refractivity contribution in [2.24, 2.45) is 17.1 Å². The van der Waals surface area contributed by atoms with Crippen molar-refractivity contribution in [3.63, 3.8) is 0 Å². The SMILES string of the molecule is CC1CC(C)(C)CC2(C1)C[C@H](N)c1cc(Cl)ccc1O2. The molecule has 1 saturated carbocycles.